The van der Waals surface area contributed by atoms with Crippen LogP contribution in [0.25, 0.3) is 10.8 Å². The summed E-state index contributed by atoms with van der Waals surface area (Å²) >= 11 is 0. The highest BCUT2D eigenvalue weighted by atomic mass is 16.3. The molecule has 0 radical (unpaired) electrons. The molecule has 0 aliphatic heterocycles. The summed E-state index contributed by atoms with van der Waals surface area (Å²) in [6, 6.07) is 8.06. The molecule has 0 unspecified atom stereocenters. The molecule has 3 aromatic rings. The van der Waals surface area contributed by atoms with Crippen molar-refractivity contribution in [3.63, 3.8) is 0 Å². The number of hydrogen-bond donors (Lipinski definition) is 2. The van der Waals surface area contributed by atoms with Gasteiger partial charge in [0.15, 0.2) is 0 Å². The SMILES string of the molecule is OCCn1cc(CNc2cccc3ccncc23)nn1. The Hall–Kier alpha value is -2.47. The van der Waals surface area contributed by atoms with Gasteiger partial charge >= 0.3 is 0 Å². The maximum Gasteiger partial charge on any atom is 0.102 e. The molecule has 0 saturated carbocycles. The molecule has 1 aromatic carbocycles. The van der Waals surface area contributed by atoms with Crippen LogP contribution in [0.4, 0.5) is 5.69 Å². The summed E-state index contributed by atoms with van der Waals surface area (Å²) in [5.74, 6) is 0. The summed E-state index contributed by atoms with van der Waals surface area (Å²) < 4.78 is 1.63. The van der Waals surface area contributed by atoms with Crippen LogP contribution in [0.1, 0.15) is 5.69 Å². The normalized spacial score (nSPS) is 10.8. The first kappa shape index (κ1) is 12.6. The Bertz CT molecular complexity index is 704. The fraction of sp³-hybridized carbons (Fsp3) is 0.214. The van der Waals surface area contributed by atoms with Crippen LogP contribution in [0, 0.1) is 0 Å². The standard InChI is InChI=1S/C14H15N5O/c20-7-6-19-10-12(17-18-19)8-16-14-3-1-2-11-4-5-15-9-13(11)14/h1-5,9-10,16,20H,6-8H2. The van der Waals surface area contributed by atoms with Gasteiger partial charge in [0.25, 0.3) is 0 Å². The van der Waals surface area contributed by atoms with Crippen molar-refractivity contribution in [2.45, 2.75) is 13.1 Å². The van der Waals surface area contributed by atoms with Gasteiger partial charge in [-0.3, -0.25) is 4.98 Å². The summed E-state index contributed by atoms with van der Waals surface area (Å²) in [5.41, 5.74) is 1.85. The molecule has 6 nitrogen and oxygen atoms in total. The number of aromatic nitrogens is 4. The first-order valence-electron chi connectivity index (χ1n) is 6.43. The zero-order valence-corrected chi connectivity index (χ0v) is 10.9. The summed E-state index contributed by atoms with van der Waals surface area (Å²) in [4.78, 5) is 4.16. The molecule has 2 heterocycles. The summed E-state index contributed by atoms with van der Waals surface area (Å²) in [5, 5.41) is 22.4. The summed E-state index contributed by atoms with van der Waals surface area (Å²) in [6.45, 7) is 1.11. The first-order chi connectivity index (χ1) is 9.86. The molecule has 3 rings (SSSR count). The highest BCUT2D eigenvalue weighted by molar-refractivity contribution is 5.92. The van der Waals surface area contributed by atoms with Crippen molar-refractivity contribution in [3.05, 3.63) is 48.5 Å². The van der Waals surface area contributed by atoms with Crippen LogP contribution in [0.5, 0.6) is 0 Å². The molecule has 102 valence electrons. The number of fused-ring (bicyclic) bond motifs is 1. The molecule has 0 bridgehead atoms. The number of hydrogen-bond acceptors (Lipinski definition) is 5. The number of anilines is 1. The van der Waals surface area contributed by atoms with Gasteiger partial charge in [-0.25, -0.2) is 4.68 Å². The van der Waals surface area contributed by atoms with Gasteiger partial charge in [0, 0.05) is 23.5 Å². The van der Waals surface area contributed by atoms with E-state index >= 15 is 0 Å². The second-order valence-corrected chi connectivity index (χ2v) is 4.45. The van der Waals surface area contributed by atoms with E-state index in [0.29, 0.717) is 13.1 Å². The molecule has 2 N–H and O–H groups in total. The highest BCUT2D eigenvalue weighted by Gasteiger charge is 2.03. The quantitative estimate of drug-likeness (QED) is 0.733. The van der Waals surface area contributed by atoms with Crippen molar-refractivity contribution in [1.82, 2.24) is 20.0 Å². The maximum atomic E-state index is 8.84. The van der Waals surface area contributed by atoms with E-state index in [9.17, 15) is 0 Å². The molecular formula is C14H15N5O. The minimum absolute atomic E-state index is 0.0607. The van der Waals surface area contributed by atoms with Gasteiger partial charge in [-0.1, -0.05) is 17.3 Å². The van der Waals surface area contributed by atoms with Gasteiger partial charge in [-0.05, 0) is 17.5 Å². The summed E-state index contributed by atoms with van der Waals surface area (Å²) in [7, 11) is 0. The predicted molar refractivity (Wildman–Crippen MR) is 76.2 cm³/mol. The van der Waals surface area contributed by atoms with E-state index in [1.165, 1.54) is 0 Å². The zero-order chi connectivity index (χ0) is 13.8. The van der Waals surface area contributed by atoms with E-state index in [4.69, 9.17) is 5.11 Å². The number of nitrogens with zero attached hydrogens (tertiary/aromatic N) is 4. The first-order valence-corrected chi connectivity index (χ1v) is 6.43. The van der Waals surface area contributed by atoms with Gasteiger partial charge < -0.3 is 10.4 Å². The molecule has 20 heavy (non-hydrogen) atoms. The molecule has 0 aliphatic carbocycles. The minimum Gasteiger partial charge on any atom is -0.394 e. The average molecular weight is 269 g/mol. The Morgan fingerprint density at radius 3 is 3.10 bits per heavy atom. The smallest absolute Gasteiger partial charge is 0.102 e. The van der Waals surface area contributed by atoms with Gasteiger partial charge in [-0.15, -0.1) is 5.10 Å². The van der Waals surface area contributed by atoms with Crippen LogP contribution in [0.3, 0.4) is 0 Å². The molecule has 0 fully saturated rings. The number of aliphatic hydroxyl groups excluding tert-OH is 1. The number of nitrogens with one attached hydrogen (secondary N) is 1. The van der Waals surface area contributed by atoms with Crippen LogP contribution in [-0.4, -0.2) is 31.7 Å². The van der Waals surface area contributed by atoms with E-state index in [-0.39, 0.29) is 6.61 Å². The van der Waals surface area contributed by atoms with Crippen molar-refractivity contribution in [3.8, 4) is 0 Å². The van der Waals surface area contributed by atoms with Gasteiger partial charge in [0.05, 0.1) is 25.9 Å². The Morgan fingerprint density at radius 1 is 1.25 bits per heavy atom. The molecule has 6 heteroatoms. The van der Waals surface area contributed by atoms with Crippen molar-refractivity contribution in [1.29, 1.82) is 0 Å². The molecular weight excluding hydrogens is 254 g/mol. The molecule has 0 spiro atoms. The van der Waals surface area contributed by atoms with Crippen molar-refractivity contribution in [2.75, 3.05) is 11.9 Å². The molecule has 0 atom stereocenters. The fourth-order valence-corrected chi connectivity index (χ4v) is 2.08. The number of benzene rings is 1. The maximum absolute atomic E-state index is 8.84. The monoisotopic (exact) mass is 269 g/mol. The van der Waals surface area contributed by atoms with Crippen LogP contribution in [0.2, 0.25) is 0 Å². The van der Waals surface area contributed by atoms with E-state index in [1.807, 2.05) is 30.6 Å². The van der Waals surface area contributed by atoms with Gasteiger partial charge in [0.2, 0.25) is 0 Å². The lowest BCUT2D eigenvalue weighted by molar-refractivity contribution is 0.268. The van der Waals surface area contributed by atoms with Crippen LogP contribution >= 0.6 is 0 Å². The largest absolute Gasteiger partial charge is 0.394 e. The van der Waals surface area contributed by atoms with Gasteiger partial charge in [0.1, 0.15) is 5.69 Å². The van der Waals surface area contributed by atoms with Gasteiger partial charge in [-0.2, -0.15) is 0 Å². The average Bonchev–Trinajstić information content (AvgIpc) is 2.93. The Morgan fingerprint density at radius 2 is 2.20 bits per heavy atom. The zero-order valence-electron chi connectivity index (χ0n) is 10.9. The molecule has 2 aromatic heterocycles. The minimum atomic E-state index is 0.0607. The van der Waals surface area contributed by atoms with E-state index in [2.05, 4.69) is 26.7 Å². The van der Waals surface area contributed by atoms with Crippen molar-refractivity contribution >= 4 is 16.5 Å². The predicted octanol–water partition coefficient (Wildman–Crippen LogP) is 1.43. The third-order valence-electron chi connectivity index (χ3n) is 3.06. The highest BCUT2D eigenvalue weighted by Crippen LogP contribution is 2.22. The summed E-state index contributed by atoms with van der Waals surface area (Å²) in [6.07, 6.45) is 5.46. The number of rotatable bonds is 5. The number of aliphatic hydroxyl groups is 1. The van der Waals surface area contributed by atoms with Crippen LogP contribution in [0.15, 0.2) is 42.9 Å². The Labute approximate surface area is 116 Å². The Kier molecular flexibility index (Phi) is 3.56. The third kappa shape index (κ3) is 2.60. The third-order valence-corrected chi connectivity index (χ3v) is 3.06. The molecule has 0 amide bonds. The van der Waals surface area contributed by atoms with E-state index in [1.54, 1.807) is 10.9 Å². The van der Waals surface area contributed by atoms with Crippen molar-refractivity contribution in [2.24, 2.45) is 0 Å². The fourth-order valence-electron chi connectivity index (χ4n) is 2.08. The van der Waals surface area contributed by atoms with Crippen molar-refractivity contribution < 1.29 is 5.11 Å². The molecule has 0 saturated heterocycles. The van der Waals surface area contributed by atoms with Crippen LogP contribution in [-0.2, 0) is 13.1 Å². The second kappa shape index (κ2) is 5.66. The van der Waals surface area contributed by atoms with Crippen LogP contribution < -0.4 is 5.32 Å². The lowest BCUT2D eigenvalue weighted by Gasteiger charge is -2.07. The lowest BCUT2D eigenvalue weighted by atomic mass is 10.1. The van der Waals surface area contributed by atoms with E-state index < -0.39 is 0 Å². The topological polar surface area (TPSA) is 75.9 Å². The van der Waals surface area contributed by atoms with E-state index in [0.717, 1.165) is 22.2 Å². The second-order valence-electron chi connectivity index (χ2n) is 4.45. The number of pyridine rings is 1. The lowest BCUT2D eigenvalue weighted by Crippen LogP contribution is -2.02. The molecule has 0 aliphatic rings. The Balaban J connectivity index is 1.76.